The molecule has 1 saturated heterocycles. The standard InChI is InChI=1S/C17H22N4O2/c1-12-6-5-9-20(15(12)11-22)17(23)14-10-19-21(13(14)2)16-7-3-4-8-18-16/h3-4,7-8,10,12,15,22H,5-6,9,11H2,1-2H3. The molecule has 122 valence electrons. The maximum absolute atomic E-state index is 12.9. The molecule has 6 heteroatoms. The first-order valence-electron chi connectivity index (χ1n) is 8.01. The highest BCUT2D eigenvalue weighted by atomic mass is 16.3. The summed E-state index contributed by atoms with van der Waals surface area (Å²) in [7, 11) is 0. The van der Waals surface area contributed by atoms with Crippen molar-refractivity contribution in [2.45, 2.75) is 32.7 Å². The number of amides is 1. The van der Waals surface area contributed by atoms with Crippen molar-refractivity contribution in [3.05, 3.63) is 41.9 Å². The molecule has 0 saturated carbocycles. The summed E-state index contributed by atoms with van der Waals surface area (Å²) in [6.45, 7) is 4.64. The zero-order chi connectivity index (χ0) is 16.4. The molecule has 0 bridgehead atoms. The summed E-state index contributed by atoms with van der Waals surface area (Å²) in [4.78, 5) is 19.0. The Balaban J connectivity index is 1.90. The van der Waals surface area contributed by atoms with Gasteiger partial charge in [-0.2, -0.15) is 5.10 Å². The van der Waals surface area contributed by atoms with Crippen LogP contribution < -0.4 is 0 Å². The summed E-state index contributed by atoms with van der Waals surface area (Å²) in [5, 5.41) is 14.0. The number of likely N-dealkylation sites (tertiary alicyclic amines) is 1. The van der Waals surface area contributed by atoms with E-state index < -0.39 is 0 Å². The quantitative estimate of drug-likeness (QED) is 0.938. The maximum atomic E-state index is 12.9. The van der Waals surface area contributed by atoms with Gasteiger partial charge in [0.2, 0.25) is 0 Å². The van der Waals surface area contributed by atoms with Crippen molar-refractivity contribution in [3.8, 4) is 5.82 Å². The van der Waals surface area contributed by atoms with Gasteiger partial charge in [-0.25, -0.2) is 9.67 Å². The van der Waals surface area contributed by atoms with Gasteiger partial charge in [-0.3, -0.25) is 4.79 Å². The summed E-state index contributed by atoms with van der Waals surface area (Å²) in [5.74, 6) is 0.939. The number of pyridine rings is 1. The van der Waals surface area contributed by atoms with E-state index in [1.54, 1.807) is 22.0 Å². The van der Waals surface area contributed by atoms with E-state index in [0.717, 1.165) is 18.5 Å². The van der Waals surface area contributed by atoms with Crippen LogP contribution in [0.2, 0.25) is 0 Å². The van der Waals surface area contributed by atoms with Crippen molar-refractivity contribution in [1.29, 1.82) is 0 Å². The number of carbonyl (C=O) groups excluding carboxylic acids is 1. The zero-order valence-electron chi connectivity index (χ0n) is 13.5. The van der Waals surface area contributed by atoms with Gasteiger partial charge < -0.3 is 10.0 Å². The lowest BCUT2D eigenvalue weighted by atomic mass is 9.91. The van der Waals surface area contributed by atoms with E-state index in [0.29, 0.717) is 23.8 Å². The number of nitrogens with zero attached hydrogens (tertiary/aromatic N) is 4. The third kappa shape index (κ3) is 2.86. The minimum Gasteiger partial charge on any atom is -0.394 e. The van der Waals surface area contributed by atoms with Gasteiger partial charge >= 0.3 is 0 Å². The number of aliphatic hydroxyl groups is 1. The molecular formula is C17H22N4O2. The number of hydrogen-bond donors (Lipinski definition) is 1. The van der Waals surface area contributed by atoms with Crippen LogP contribution in [0.5, 0.6) is 0 Å². The average molecular weight is 314 g/mol. The van der Waals surface area contributed by atoms with Gasteiger partial charge in [0.15, 0.2) is 5.82 Å². The van der Waals surface area contributed by atoms with Crippen molar-refractivity contribution < 1.29 is 9.90 Å². The van der Waals surface area contributed by atoms with E-state index in [-0.39, 0.29) is 18.6 Å². The van der Waals surface area contributed by atoms with E-state index in [1.807, 2.05) is 25.1 Å². The number of carbonyl (C=O) groups is 1. The van der Waals surface area contributed by atoms with Crippen molar-refractivity contribution in [1.82, 2.24) is 19.7 Å². The second kappa shape index (κ2) is 6.50. The third-order valence-corrected chi connectivity index (χ3v) is 4.67. The van der Waals surface area contributed by atoms with Crippen molar-refractivity contribution in [3.63, 3.8) is 0 Å². The Hall–Kier alpha value is -2.21. The maximum Gasteiger partial charge on any atom is 0.257 e. The minimum absolute atomic E-state index is 0.000330. The molecule has 1 N–H and O–H groups in total. The second-order valence-electron chi connectivity index (χ2n) is 6.11. The van der Waals surface area contributed by atoms with Gasteiger partial charge in [0.05, 0.1) is 30.1 Å². The summed E-state index contributed by atoms with van der Waals surface area (Å²) in [6, 6.07) is 5.47. The molecule has 1 aliphatic rings. The number of aliphatic hydroxyl groups excluding tert-OH is 1. The van der Waals surface area contributed by atoms with E-state index >= 15 is 0 Å². The number of hydrogen-bond acceptors (Lipinski definition) is 4. The predicted octanol–water partition coefficient (Wildman–Crippen LogP) is 1.81. The molecule has 0 aromatic carbocycles. The van der Waals surface area contributed by atoms with Crippen LogP contribution in [-0.4, -0.2) is 49.9 Å². The van der Waals surface area contributed by atoms with Crippen molar-refractivity contribution >= 4 is 5.91 Å². The Kier molecular flexibility index (Phi) is 4.43. The zero-order valence-corrected chi connectivity index (χ0v) is 13.5. The lowest BCUT2D eigenvalue weighted by molar-refractivity contribution is 0.0358. The highest BCUT2D eigenvalue weighted by molar-refractivity contribution is 5.95. The molecule has 2 aromatic heterocycles. The van der Waals surface area contributed by atoms with E-state index in [2.05, 4.69) is 17.0 Å². The Morgan fingerprint density at radius 3 is 2.96 bits per heavy atom. The van der Waals surface area contributed by atoms with Crippen LogP contribution in [0, 0.1) is 12.8 Å². The summed E-state index contributed by atoms with van der Waals surface area (Å²) in [6.07, 6.45) is 5.31. The van der Waals surface area contributed by atoms with Crippen LogP contribution in [0.3, 0.4) is 0 Å². The Bertz CT molecular complexity index is 683. The molecule has 0 spiro atoms. The molecule has 0 radical (unpaired) electrons. The molecule has 2 aromatic rings. The molecule has 0 aliphatic carbocycles. The highest BCUT2D eigenvalue weighted by Crippen LogP contribution is 2.25. The Labute approximate surface area is 135 Å². The predicted molar refractivity (Wildman–Crippen MR) is 86.4 cm³/mol. The molecule has 3 rings (SSSR count). The normalized spacial score (nSPS) is 21.4. The topological polar surface area (TPSA) is 71.2 Å². The summed E-state index contributed by atoms with van der Waals surface area (Å²) in [5.41, 5.74) is 1.34. The molecule has 23 heavy (non-hydrogen) atoms. The van der Waals surface area contributed by atoms with Gasteiger partial charge in [0.1, 0.15) is 0 Å². The van der Waals surface area contributed by atoms with Gasteiger partial charge in [-0.05, 0) is 37.8 Å². The summed E-state index contributed by atoms with van der Waals surface area (Å²) >= 11 is 0. The van der Waals surface area contributed by atoms with Crippen LogP contribution in [0.4, 0.5) is 0 Å². The van der Waals surface area contributed by atoms with Gasteiger partial charge in [-0.15, -0.1) is 0 Å². The molecule has 2 unspecified atom stereocenters. The SMILES string of the molecule is Cc1c(C(=O)N2CCCC(C)C2CO)cnn1-c1ccccn1. The smallest absolute Gasteiger partial charge is 0.257 e. The molecule has 1 aliphatic heterocycles. The number of rotatable bonds is 3. The van der Waals surface area contributed by atoms with E-state index in [1.165, 1.54) is 0 Å². The molecule has 1 fully saturated rings. The first-order valence-corrected chi connectivity index (χ1v) is 8.01. The molecule has 6 nitrogen and oxygen atoms in total. The highest BCUT2D eigenvalue weighted by Gasteiger charge is 2.33. The fourth-order valence-corrected chi connectivity index (χ4v) is 3.26. The minimum atomic E-state index is -0.117. The van der Waals surface area contributed by atoms with Gasteiger partial charge in [0.25, 0.3) is 5.91 Å². The van der Waals surface area contributed by atoms with Crippen LogP contribution in [0.25, 0.3) is 5.82 Å². The number of piperidine rings is 1. The largest absolute Gasteiger partial charge is 0.394 e. The summed E-state index contributed by atoms with van der Waals surface area (Å²) < 4.78 is 1.68. The van der Waals surface area contributed by atoms with E-state index in [4.69, 9.17) is 0 Å². The fourth-order valence-electron chi connectivity index (χ4n) is 3.26. The van der Waals surface area contributed by atoms with Crippen LogP contribution in [-0.2, 0) is 0 Å². The molecule has 1 amide bonds. The lowest BCUT2D eigenvalue weighted by Crippen LogP contribution is -2.49. The monoisotopic (exact) mass is 314 g/mol. The van der Waals surface area contributed by atoms with Crippen LogP contribution in [0.1, 0.15) is 35.8 Å². The number of aromatic nitrogens is 3. The Morgan fingerprint density at radius 1 is 1.43 bits per heavy atom. The van der Waals surface area contributed by atoms with Crippen LogP contribution in [0.15, 0.2) is 30.6 Å². The van der Waals surface area contributed by atoms with Crippen LogP contribution >= 0.6 is 0 Å². The first-order chi connectivity index (χ1) is 11.1. The van der Waals surface area contributed by atoms with Gasteiger partial charge in [-0.1, -0.05) is 13.0 Å². The third-order valence-electron chi connectivity index (χ3n) is 4.67. The lowest BCUT2D eigenvalue weighted by Gasteiger charge is -2.39. The Morgan fingerprint density at radius 2 is 2.26 bits per heavy atom. The van der Waals surface area contributed by atoms with Gasteiger partial charge in [0, 0.05) is 12.7 Å². The average Bonchev–Trinajstić information content (AvgIpc) is 2.96. The fraction of sp³-hybridized carbons (Fsp3) is 0.471. The van der Waals surface area contributed by atoms with E-state index in [9.17, 15) is 9.90 Å². The first kappa shape index (κ1) is 15.7. The van der Waals surface area contributed by atoms with Crippen molar-refractivity contribution in [2.24, 2.45) is 5.92 Å². The molecular weight excluding hydrogens is 292 g/mol. The molecule has 2 atom stereocenters. The van der Waals surface area contributed by atoms with Crippen molar-refractivity contribution in [2.75, 3.05) is 13.2 Å². The molecule has 3 heterocycles. The second-order valence-corrected chi connectivity index (χ2v) is 6.11.